The van der Waals surface area contributed by atoms with E-state index in [0.29, 0.717) is 0 Å². The van der Waals surface area contributed by atoms with Gasteiger partial charge >= 0.3 is 13.3 Å². The third-order valence-corrected chi connectivity index (χ3v) is 0.792. The first-order valence-electron chi connectivity index (χ1n) is 2.37. The van der Waals surface area contributed by atoms with Crippen LogP contribution in [0.1, 0.15) is 0 Å². The molecule has 11 heavy (non-hydrogen) atoms. The molecule has 0 bridgehead atoms. The summed E-state index contributed by atoms with van der Waals surface area (Å²) in [6.07, 6.45) is -9.21. The quantitative estimate of drug-likeness (QED) is 0.436. The Morgan fingerprint density at radius 2 is 1.73 bits per heavy atom. The van der Waals surface area contributed by atoms with Crippen molar-refractivity contribution in [3.8, 4) is 0 Å². The van der Waals surface area contributed by atoms with Crippen LogP contribution in [0.3, 0.4) is 0 Å². The molecule has 0 fully saturated rings. The normalized spacial score (nSPS) is 14.4. The van der Waals surface area contributed by atoms with Gasteiger partial charge in [0.05, 0.1) is 0 Å². The summed E-state index contributed by atoms with van der Waals surface area (Å²) in [5.74, 6) is 0. The fourth-order valence-corrected chi connectivity index (χ4v) is 0.292. The molecule has 0 saturated heterocycles. The van der Waals surface area contributed by atoms with Crippen LogP contribution in [0, 0.1) is 0 Å². The molecular weight excluding hydrogens is 171 g/mol. The van der Waals surface area contributed by atoms with Gasteiger partial charge in [-0.2, -0.15) is 13.2 Å². The highest BCUT2D eigenvalue weighted by atomic mass is 19.4. The van der Waals surface area contributed by atoms with E-state index in [9.17, 15) is 22.4 Å². The van der Waals surface area contributed by atoms with Gasteiger partial charge in [0.2, 0.25) is 11.9 Å². The topological polar surface area (TPSA) is 57.5 Å². The largest absolute Gasteiger partial charge is 0.530 e. The van der Waals surface area contributed by atoms with Gasteiger partial charge < -0.3 is 14.8 Å². The zero-order valence-electron chi connectivity index (χ0n) is 4.97. The molecule has 64 valence electrons. The first kappa shape index (κ1) is 10.4. The van der Waals surface area contributed by atoms with Crippen molar-refractivity contribution < 1.29 is 32.4 Å². The second kappa shape index (κ2) is 3.18. The van der Waals surface area contributed by atoms with Crippen molar-refractivity contribution in [2.75, 3.05) is 0 Å². The Hall–Kier alpha value is -0.625. The van der Waals surface area contributed by atoms with E-state index >= 15 is 0 Å². The number of hydrogen-bond donors (Lipinski definition) is 2. The Balaban J connectivity index is 4.26. The number of carbonyl (C=O) groups excluding carboxylic acids is 1. The van der Waals surface area contributed by atoms with Crippen molar-refractivity contribution in [3.05, 3.63) is 0 Å². The van der Waals surface area contributed by atoms with Crippen LogP contribution in [-0.2, 0) is 4.79 Å². The van der Waals surface area contributed by atoms with Gasteiger partial charge in [-0.15, -0.1) is 0 Å². The number of alkyl halides is 4. The summed E-state index contributed by atoms with van der Waals surface area (Å²) in [5.41, 5.74) is -2.31. The van der Waals surface area contributed by atoms with Crippen molar-refractivity contribution in [2.45, 2.75) is 12.3 Å². The number of halogens is 4. The predicted octanol–water partition coefficient (Wildman–Crippen LogP) is -0.532. The lowest BCUT2D eigenvalue weighted by Crippen LogP contribution is -2.42. The first-order valence-corrected chi connectivity index (χ1v) is 2.37. The monoisotopic (exact) mass is 174 g/mol. The minimum Gasteiger partial charge on any atom is -0.421 e. The van der Waals surface area contributed by atoms with Crippen LogP contribution >= 0.6 is 0 Å². The number of rotatable bonds is 2. The standard InChI is InChI=1S/C3H3BF4O3/c5-1(3(6,7)8)2(9)4(10)11/h1,10-11H. The van der Waals surface area contributed by atoms with Gasteiger partial charge in [-0.1, -0.05) is 0 Å². The molecule has 2 N–H and O–H groups in total. The van der Waals surface area contributed by atoms with Crippen LogP contribution in [0.2, 0.25) is 0 Å². The molecule has 0 radical (unpaired) electrons. The van der Waals surface area contributed by atoms with Gasteiger partial charge in [0.25, 0.3) is 0 Å². The van der Waals surface area contributed by atoms with E-state index in [1.54, 1.807) is 0 Å². The van der Waals surface area contributed by atoms with Crippen molar-refractivity contribution in [2.24, 2.45) is 0 Å². The zero-order chi connectivity index (χ0) is 9.23. The Morgan fingerprint density at radius 3 is 1.82 bits per heavy atom. The van der Waals surface area contributed by atoms with Crippen LogP contribution in [0.25, 0.3) is 0 Å². The van der Waals surface area contributed by atoms with Crippen LogP contribution in [-0.4, -0.2) is 35.2 Å². The van der Waals surface area contributed by atoms with Crippen molar-refractivity contribution in [3.63, 3.8) is 0 Å². The molecule has 0 saturated carbocycles. The maximum absolute atomic E-state index is 11.8. The van der Waals surface area contributed by atoms with E-state index < -0.39 is 25.1 Å². The summed E-state index contributed by atoms with van der Waals surface area (Å²) in [6, 6.07) is 0. The summed E-state index contributed by atoms with van der Waals surface area (Å²) < 4.78 is 45.5. The third kappa shape index (κ3) is 2.85. The van der Waals surface area contributed by atoms with Gasteiger partial charge in [-0.3, -0.25) is 0 Å². The van der Waals surface area contributed by atoms with E-state index in [-0.39, 0.29) is 0 Å². The second-order valence-electron chi connectivity index (χ2n) is 1.68. The van der Waals surface area contributed by atoms with Crippen LogP contribution in [0.5, 0.6) is 0 Å². The molecule has 0 aliphatic rings. The smallest absolute Gasteiger partial charge is 0.421 e. The second-order valence-corrected chi connectivity index (χ2v) is 1.68. The lowest BCUT2D eigenvalue weighted by Gasteiger charge is -2.09. The first-order chi connectivity index (χ1) is 4.76. The highest BCUT2D eigenvalue weighted by Crippen LogP contribution is 2.23. The van der Waals surface area contributed by atoms with Crippen molar-refractivity contribution in [1.82, 2.24) is 0 Å². The maximum atomic E-state index is 11.8. The van der Waals surface area contributed by atoms with Crippen LogP contribution < -0.4 is 0 Å². The van der Waals surface area contributed by atoms with Gasteiger partial charge in [-0.25, -0.2) is 4.39 Å². The molecule has 0 aromatic rings. The van der Waals surface area contributed by atoms with Crippen LogP contribution in [0.4, 0.5) is 17.6 Å². The van der Waals surface area contributed by atoms with E-state index in [1.165, 1.54) is 0 Å². The van der Waals surface area contributed by atoms with Gasteiger partial charge in [-0.05, 0) is 0 Å². The Morgan fingerprint density at radius 1 is 1.36 bits per heavy atom. The Kier molecular flexibility index (Phi) is 3.00. The number of carbonyl (C=O) groups is 1. The molecule has 0 aliphatic heterocycles. The summed E-state index contributed by atoms with van der Waals surface area (Å²) in [7, 11) is -2.92. The van der Waals surface area contributed by atoms with Gasteiger partial charge in [0, 0.05) is 0 Å². The van der Waals surface area contributed by atoms with Crippen molar-refractivity contribution >= 4 is 12.8 Å². The Labute approximate surface area is 58.8 Å². The van der Waals surface area contributed by atoms with Crippen molar-refractivity contribution in [1.29, 1.82) is 0 Å². The summed E-state index contributed by atoms with van der Waals surface area (Å²) in [5, 5.41) is 15.6. The van der Waals surface area contributed by atoms with Gasteiger partial charge in [0.1, 0.15) is 0 Å². The third-order valence-electron chi connectivity index (χ3n) is 0.792. The fraction of sp³-hybridized carbons (Fsp3) is 0.667. The van der Waals surface area contributed by atoms with E-state index in [2.05, 4.69) is 0 Å². The molecule has 0 amide bonds. The van der Waals surface area contributed by atoms with E-state index in [0.717, 1.165) is 0 Å². The SMILES string of the molecule is O=C(B(O)O)C(F)C(F)(F)F. The van der Waals surface area contributed by atoms with E-state index in [1.807, 2.05) is 0 Å². The molecule has 3 nitrogen and oxygen atoms in total. The molecule has 0 aromatic carbocycles. The summed E-state index contributed by atoms with van der Waals surface area (Å²) >= 11 is 0. The molecule has 1 unspecified atom stereocenters. The van der Waals surface area contributed by atoms with Crippen LogP contribution in [0.15, 0.2) is 0 Å². The molecule has 0 aliphatic carbocycles. The molecule has 8 heteroatoms. The molecule has 0 spiro atoms. The summed E-state index contributed by atoms with van der Waals surface area (Å²) in [6.45, 7) is 0. The fourth-order valence-electron chi connectivity index (χ4n) is 0.292. The average Bonchev–Trinajstić information content (AvgIpc) is 1.82. The predicted molar refractivity (Wildman–Crippen MR) is 26.1 cm³/mol. The molecule has 0 aromatic heterocycles. The minimum atomic E-state index is -5.37. The highest BCUT2D eigenvalue weighted by Gasteiger charge is 2.48. The molecular formula is C3H3BF4O3. The maximum Gasteiger partial charge on any atom is 0.530 e. The molecule has 1 atom stereocenters. The van der Waals surface area contributed by atoms with Gasteiger partial charge in [0.15, 0.2) is 0 Å². The lowest BCUT2D eigenvalue weighted by atomic mass is 9.81. The van der Waals surface area contributed by atoms with E-state index in [4.69, 9.17) is 10.0 Å². The Bertz CT molecular complexity index is 155. The summed E-state index contributed by atoms with van der Waals surface area (Å²) in [4.78, 5) is 9.89. The lowest BCUT2D eigenvalue weighted by molar-refractivity contribution is -0.182. The minimum absolute atomic E-state index is 2.31. The molecule has 0 rings (SSSR count). The number of hydrogen-bond acceptors (Lipinski definition) is 3. The molecule has 0 heterocycles. The average molecular weight is 174 g/mol. The zero-order valence-corrected chi connectivity index (χ0v) is 4.97. The highest BCUT2D eigenvalue weighted by molar-refractivity contribution is 6.79.